The maximum absolute atomic E-state index is 12.7. The highest BCUT2D eigenvalue weighted by Crippen LogP contribution is 2.22. The van der Waals surface area contributed by atoms with Crippen LogP contribution >= 0.6 is 23.4 Å². The molecule has 0 aromatic heterocycles. The minimum absolute atomic E-state index is 0.231. The molecule has 15 heavy (non-hydrogen) atoms. The van der Waals surface area contributed by atoms with E-state index < -0.39 is 0 Å². The quantitative estimate of drug-likeness (QED) is 0.863. The SMILES string of the molecule is CCC(N)CSCc1ccc(F)cc1Cl. The molecule has 1 aromatic rings. The smallest absolute Gasteiger partial charge is 0.124 e. The third-order valence-corrected chi connectivity index (χ3v) is 3.66. The molecular weight excluding hydrogens is 233 g/mol. The largest absolute Gasteiger partial charge is 0.327 e. The highest BCUT2D eigenvalue weighted by molar-refractivity contribution is 7.98. The maximum atomic E-state index is 12.7. The Hall–Kier alpha value is -0.250. The van der Waals surface area contributed by atoms with Gasteiger partial charge in [-0.25, -0.2) is 4.39 Å². The molecule has 1 atom stereocenters. The minimum Gasteiger partial charge on any atom is -0.327 e. The van der Waals surface area contributed by atoms with Crippen molar-refractivity contribution in [3.8, 4) is 0 Å². The normalized spacial score (nSPS) is 12.8. The molecule has 0 aliphatic heterocycles. The molecule has 0 aliphatic rings. The number of rotatable bonds is 5. The van der Waals surface area contributed by atoms with Crippen LogP contribution in [0.5, 0.6) is 0 Å². The van der Waals surface area contributed by atoms with Crippen molar-refractivity contribution < 1.29 is 4.39 Å². The topological polar surface area (TPSA) is 26.0 Å². The predicted octanol–water partition coefficient (Wildman–Crippen LogP) is 3.45. The molecule has 1 unspecified atom stereocenters. The van der Waals surface area contributed by atoms with Crippen LogP contribution in [-0.4, -0.2) is 11.8 Å². The first-order valence-corrected chi connectivity index (χ1v) is 6.44. The van der Waals surface area contributed by atoms with Crippen LogP contribution in [0.1, 0.15) is 18.9 Å². The summed E-state index contributed by atoms with van der Waals surface area (Å²) >= 11 is 7.62. The summed E-state index contributed by atoms with van der Waals surface area (Å²) < 4.78 is 12.7. The minimum atomic E-state index is -0.293. The van der Waals surface area contributed by atoms with Crippen molar-refractivity contribution in [2.24, 2.45) is 5.73 Å². The van der Waals surface area contributed by atoms with Gasteiger partial charge in [-0.2, -0.15) is 11.8 Å². The highest BCUT2D eigenvalue weighted by atomic mass is 35.5. The van der Waals surface area contributed by atoms with Crippen molar-refractivity contribution in [1.82, 2.24) is 0 Å². The van der Waals surface area contributed by atoms with Crippen LogP contribution in [0, 0.1) is 5.82 Å². The third-order valence-electron chi connectivity index (χ3n) is 2.13. The number of benzene rings is 1. The van der Waals surface area contributed by atoms with Gasteiger partial charge in [0.2, 0.25) is 0 Å². The fourth-order valence-corrected chi connectivity index (χ4v) is 2.52. The first-order chi connectivity index (χ1) is 7.13. The molecule has 0 fully saturated rings. The Bertz CT molecular complexity index is 319. The second-order valence-electron chi connectivity index (χ2n) is 3.42. The van der Waals surface area contributed by atoms with Crippen molar-refractivity contribution in [3.05, 3.63) is 34.6 Å². The van der Waals surface area contributed by atoms with Gasteiger partial charge in [0.05, 0.1) is 0 Å². The van der Waals surface area contributed by atoms with Gasteiger partial charge < -0.3 is 5.73 Å². The third kappa shape index (κ3) is 4.41. The number of nitrogens with two attached hydrogens (primary N) is 1. The molecule has 0 radical (unpaired) electrons. The van der Waals surface area contributed by atoms with E-state index in [9.17, 15) is 4.39 Å². The van der Waals surface area contributed by atoms with E-state index in [0.717, 1.165) is 23.5 Å². The fourth-order valence-electron chi connectivity index (χ4n) is 1.08. The maximum Gasteiger partial charge on any atom is 0.124 e. The standard InChI is InChI=1S/C11H15ClFNS/c1-2-10(14)7-15-6-8-3-4-9(13)5-11(8)12/h3-5,10H,2,6-7,14H2,1H3. The summed E-state index contributed by atoms with van der Waals surface area (Å²) in [5.41, 5.74) is 6.75. The first-order valence-electron chi connectivity index (χ1n) is 4.90. The van der Waals surface area contributed by atoms with E-state index >= 15 is 0 Å². The van der Waals surface area contributed by atoms with Gasteiger partial charge in [-0.05, 0) is 24.1 Å². The van der Waals surface area contributed by atoms with E-state index in [1.165, 1.54) is 12.1 Å². The molecule has 1 aromatic carbocycles. The lowest BCUT2D eigenvalue weighted by molar-refractivity contribution is 0.627. The molecule has 4 heteroatoms. The summed E-state index contributed by atoms with van der Waals surface area (Å²) in [7, 11) is 0. The monoisotopic (exact) mass is 247 g/mol. The van der Waals surface area contributed by atoms with E-state index in [4.69, 9.17) is 17.3 Å². The summed E-state index contributed by atoms with van der Waals surface area (Å²) in [6, 6.07) is 4.73. The lowest BCUT2D eigenvalue weighted by atomic mass is 10.2. The van der Waals surface area contributed by atoms with Crippen molar-refractivity contribution in [2.45, 2.75) is 25.1 Å². The summed E-state index contributed by atoms with van der Waals surface area (Å²) in [5.74, 6) is 1.40. The zero-order valence-corrected chi connectivity index (χ0v) is 10.2. The Morgan fingerprint density at radius 2 is 2.27 bits per heavy atom. The molecule has 0 saturated carbocycles. The van der Waals surface area contributed by atoms with E-state index in [1.54, 1.807) is 17.8 Å². The Balaban J connectivity index is 2.44. The van der Waals surface area contributed by atoms with E-state index in [1.807, 2.05) is 0 Å². The Kier molecular flexibility index (Phi) is 5.43. The van der Waals surface area contributed by atoms with Gasteiger partial charge in [-0.15, -0.1) is 0 Å². The molecule has 84 valence electrons. The van der Waals surface area contributed by atoms with Crippen LogP contribution in [0.3, 0.4) is 0 Å². The van der Waals surface area contributed by atoms with Crippen molar-refractivity contribution in [2.75, 3.05) is 5.75 Å². The van der Waals surface area contributed by atoms with Crippen LogP contribution in [-0.2, 0) is 5.75 Å². The molecule has 0 saturated heterocycles. The van der Waals surface area contributed by atoms with Crippen LogP contribution in [0.2, 0.25) is 5.02 Å². The van der Waals surface area contributed by atoms with Crippen LogP contribution in [0.4, 0.5) is 4.39 Å². The predicted molar refractivity (Wildman–Crippen MR) is 65.8 cm³/mol. The summed E-state index contributed by atoms with van der Waals surface area (Å²) in [5, 5.41) is 0.493. The van der Waals surface area contributed by atoms with Crippen molar-refractivity contribution in [1.29, 1.82) is 0 Å². The van der Waals surface area contributed by atoms with Crippen molar-refractivity contribution >= 4 is 23.4 Å². The second-order valence-corrected chi connectivity index (χ2v) is 4.86. The van der Waals surface area contributed by atoms with Gasteiger partial charge in [0.15, 0.2) is 0 Å². The van der Waals surface area contributed by atoms with Gasteiger partial charge in [0, 0.05) is 22.6 Å². The summed E-state index contributed by atoms with van der Waals surface area (Å²) in [6.07, 6.45) is 0.976. The average Bonchev–Trinajstić information content (AvgIpc) is 2.21. The molecule has 0 amide bonds. The van der Waals surface area contributed by atoms with Gasteiger partial charge >= 0.3 is 0 Å². The van der Waals surface area contributed by atoms with Crippen LogP contribution in [0.15, 0.2) is 18.2 Å². The molecular formula is C11H15ClFNS. The zero-order chi connectivity index (χ0) is 11.3. The van der Waals surface area contributed by atoms with E-state index in [-0.39, 0.29) is 11.9 Å². The Morgan fingerprint density at radius 1 is 1.53 bits per heavy atom. The molecule has 1 nitrogen and oxygen atoms in total. The van der Waals surface area contributed by atoms with Gasteiger partial charge in [0.1, 0.15) is 5.82 Å². The number of hydrogen-bond donors (Lipinski definition) is 1. The lowest BCUT2D eigenvalue weighted by Crippen LogP contribution is -2.21. The van der Waals surface area contributed by atoms with E-state index in [0.29, 0.717) is 5.02 Å². The van der Waals surface area contributed by atoms with Crippen LogP contribution < -0.4 is 5.73 Å². The zero-order valence-electron chi connectivity index (χ0n) is 8.67. The molecule has 0 heterocycles. The van der Waals surface area contributed by atoms with E-state index in [2.05, 4.69) is 6.92 Å². The number of thioether (sulfide) groups is 1. The molecule has 0 spiro atoms. The van der Waals surface area contributed by atoms with Gasteiger partial charge in [-0.3, -0.25) is 0 Å². The number of hydrogen-bond acceptors (Lipinski definition) is 2. The Labute approximate surface area is 99.2 Å². The first kappa shape index (κ1) is 12.8. The second kappa shape index (κ2) is 6.36. The van der Waals surface area contributed by atoms with Gasteiger partial charge in [-0.1, -0.05) is 24.6 Å². The summed E-state index contributed by atoms with van der Waals surface area (Å²) in [4.78, 5) is 0. The Morgan fingerprint density at radius 3 is 2.87 bits per heavy atom. The van der Waals surface area contributed by atoms with Crippen LogP contribution in [0.25, 0.3) is 0 Å². The van der Waals surface area contributed by atoms with Gasteiger partial charge in [0.25, 0.3) is 0 Å². The highest BCUT2D eigenvalue weighted by Gasteiger charge is 2.04. The summed E-state index contributed by atoms with van der Waals surface area (Å²) in [6.45, 7) is 2.07. The molecule has 0 bridgehead atoms. The average molecular weight is 248 g/mol. The number of halogens is 2. The molecule has 0 aliphatic carbocycles. The fraction of sp³-hybridized carbons (Fsp3) is 0.455. The lowest BCUT2D eigenvalue weighted by Gasteiger charge is -2.08. The molecule has 1 rings (SSSR count). The molecule has 2 N–H and O–H groups in total. The van der Waals surface area contributed by atoms with Crippen molar-refractivity contribution in [3.63, 3.8) is 0 Å².